The second-order valence-electron chi connectivity index (χ2n) is 6.76. The summed E-state index contributed by atoms with van der Waals surface area (Å²) in [5, 5.41) is 0. The average molecular weight is 287 g/mol. The standard InChI is InChI=1S/C18H25NO2/c1-13-6-4-10-18(12-13,21-2)17(20)15-9-3-7-14-8-5-11-19-16(14)15/h5,8,11,13,15H,3-4,6-7,9-10,12H2,1-2H3. The average Bonchev–Trinajstić information content (AvgIpc) is 2.53. The van der Waals surface area contributed by atoms with Gasteiger partial charge in [-0.15, -0.1) is 0 Å². The molecule has 0 aliphatic heterocycles. The molecule has 1 heterocycles. The SMILES string of the molecule is COC1(C(=O)C2CCCc3cccnc32)CCCC(C)C1. The van der Waals surface area contributed by atoms with Crippen LogP contribution in [-0.4, -0.2) is 23.5 Å². The highest BCUT2D eigenvalue weighted by molar-refractivity contribution is 5.93. The number of Topliss-reactive ketones (excluding diaryl/α,β-unsaturated/α-hetero) is 1. The fourth-order valence-electron chi connectivity index (χ4n) is 4.20. The predicted octanol–water partition coefficient (Wildman–Crippen LogP) is 3.67. The summed E-state index contributed by atoms with van der Waals surface area (Å²) in [5.74, 6) is 0.769. The number of ether oxygens (including phenoxy) is 1. The van der Waals surface area contributed by atoms with Gasteiger partial charge in [0.05, 0.1) is 11.6 Å². The fraction of sp³-hybridized carbons (Fsp3) is 0.667. The lowest BCUT2D eigenvalue weighted by atomic mass is 9.70. The van der Waals surface area contributed by atoms with Crippen LogP contribution in [0.15, 0.2) is 18.3 Å². The van der Waals surface area contributed by atoms with Crippen molar-refractivity contribution < 1.29 is 9.53 Å². The fourth-order valence-corrected chi connectivity index (χ4v) is 4.20. The number of carbonyl (C=O) groups excluding carboxylic acids is 1. The van der Waals surface area contributed by atoms with Gasteiger partial charge in [0.25, 0.3) is 0 Å². The lowest BCUT2D eigenvalue weighted by Crippen LogP contribution is -2.47. The van der Waals surface area contributed by atoms with Crippen molar-refractivity contribution in [3.05, 3.63) is 29.6 Å². The Hall–Kier alpha value is -1.22. The number of carbonyl (C=O) groups is 1. The Morgan fingerprint density at radius 3 is 3.00 bits per heavy atom. The minimum absolute atomic E-state index is 0.0693. The Morgan fingerprint density at radius 1 is 1.38 bits per heavy atom. The number of rotatable bonds is 3. The van der Waals surface area contributed by atoms with E-state index in [1.807, 2.05) is 12.3 Å². The van der Waals surface area contributed by atoms with Crippen LogP contribution in [0.25, 0.3) is 0 Å². The second kappa shape index (κ2) is 5.88. The highest BCUT2D eigenvalue weighted by Gasteiger charge is 2.46. The first-order chi connectivity index (χ1) is 10.2. The number of nitrogens with zero attached hydrogens (tertiary/aromatic N) is 1. The molecule has 3 heteroatoms. The topological polar surface area (TPSA) is 39.2 Å². The highest BCUT2D eigenvalue weighted by atomic mass is 16.5. The molecule has 2 aliphatic rings. The van der Waals surface area contributed by atoms with Gasteiger partial charge < -0.3 is 4.74 Å². The Labute approximate surface area is 127 Å². The zero-order valence-electron chi connectivity index (χ0n) is 13.1. The van der Waals surface area contributed by atoms with Gasteiger partial charge in [-0.25, -0.2) is 0 Å². The molecule has 1 saturated carbocycles. The lowest BCUT2D eigenvalue weighted by molar-refractivity contribution is -0.149. The third-order valence-electron chi connectivity index (χ3n) is 5.31. The van der Waals surface area contributed by atoms with E-state index in [4.69, 9.17) is 4.74 Å². The predicted molar refractivity (Wildman–Crippen MR) is 82.3 cm³/mol. The maximum atomic E-state index is 13.2. The summed E-state index contributed by atoms with van der Waals surface area (Å²) in [6.45, 7) is 2.23. The number of aromatic nitrogens is 1. The Bertz CT molecular complexity index is 528. The van der Waals surface area contributed by atoms with Gasteiger partial charge in [-0.3, -0.25) is 9.78 Å². The third-order valence-corrected chi connectivity index (χ3v) is 5.31. The minimum Gasteiger partial charge on any atom is -0.370 e. The van der Waals surface area contributed by atoms with E-state index in [2.05, 4.69) is 18.0 Å². The van der Waals surface area contributed by atoms with Crippen molar-refractivity contribution in [3.8, 4) is 0 Å². The third kappa shape index (κ3) is 2.64. The quantitative estimate of drug-likeness (QED) is 0.851. The van der Waals surface area contributed by atoms with Crippen LogP contribution >= 0.6 is 0 Å². The smallest absolute Gasteiger partial charge is 0.173 e. The molecular weight excluding hydrogens is 262 g/mol. The Balaban J connectivity index is 1.91. The molecule has 1 aromatic rings. The number of hydrogen-bond acceptors (Lipinski definition) is 3. The van der Waals surface area contributed by atoms with Crippen molar-refractivity contribution in [1.82, 2.24) is 4.98 Å². The van der Waals surface area contributed by atoms with Crippen molar-refractivity contribution >= 4 is 5.78 Å². The van der Waals surface area contributed by atoms with E-state index < -0.39 is 5.60 Å². The van der Waals surface area contributed by atoms with Gasteiger partial charge >= 0.3 is 0 Å². The van der Waals surface area contributed by atoms with E-state index in [9.17, 15) is 4.79 Å². The normalized spacial score (nSPS) is 32.5. The highest BCUT2D eigenvalue weighted by Crippen LogP contribution is 2.41. The molecular formula is C18H25NO2. The molecule has 3 atom stereocenters. The zero-order chi connectivity index (χ0) is 14.9. The van der Waals surface area contributed by atoms with E-state index in [1.54, 1.807) is 7.11 Å². The molecule has 114 valence electrons. The lowest BCUT2D eigenvalue weighted by Gasteiger charge is -2.40. The zero-order valence-corrected chi connectivity index (χ0v) is 13.1. The van der Waals surface area contributed by atoms with Crippen LogP contribution < -0.4 is 0 Å². The van der Waals surface area contributed by atoms with Gasteiger partial charge in [0.15, 0.2) is 5.78 Å². The molecule has 3 nitrogen and oxygen atoms in total. The minimum atomic E-state index is -0.575. The van der Waals surface area contributed by atoms with Gasteiger partial charge in [-0.05, 0) is 56.1 Å². The van der Waals surface area contributed by atoms with Crippen LogP contribution in [0, 0.1) is 5.92 Å². The van der Waals surface area contributed by atoms with Crippen LogP contribution in [0.3, 0.4) is 0 Å². The Morgan fingerprint density at radius 2 is 2.24 bits per heavy atom. The molecule has 3 unspecified atom stereocenters. The molecule has 0 aromatic carbocycles. The van der Waals surface area contributed by atoms with E-state index in [0.29, 0.717) is 5.92 Å². The number of methoxy groups -OCH3 is 1. The van der Waals surface area contributed by atoms with Crippen molar-refractivity contribution in [2.24, 2.45) is 5.92 Å². The van der Waals surface area contributed by atoms with E-state index in [1.165, 1.54) is 12.0 Å². The first-order valence-corrected chi connectivity index (χ1v) is 8.19. The molecule has 0 spiro atoms. The van der Waals surface area contributed by atoms with Gasteiger partial charge in [-0.2, -0.15) is 0 Å². The molecule has 0 bridgehead atoms. The summed E-state index contributed by atoms with van der Waals surface area (Å²) in [4.78, 5) is 17.8. The Kier molecular flexibility index (Phi) is 4.12. The number of pyridine rings is 1. The summed E-state index contributed by atoms with van der Waals surface area (Å²) in [7, 11) is 1.71. The maximum Gasteiger partial charge on any atom is 0.173 e. The molecule has 0 N–H and O–H groups in total. The van der Waals surface area contributed by atoms with Crippen molar-refractivity contribution in [2.75, 3.05) is 7.11 Å². The second-order valence-corrected chi connectivity index (χ2v) is 6.76. The van der Waals surface area contributed by atoms with E-state index in [-0.39, 0.29) is 11.7 Å². The number of ketones is 1. The summed E-state index contributed by atoms with van der Waals surface area (Å²) < 4.78 is 5.80. The van der Waals surface area contributed by atoms with Crippen LogP contribution in [-0.2, 0) is 16.0 Å². The molecule has 3 rings (SSSR count). The first kappa shape index (κ1) is 14.7. The van der Waals surface area contributed by atoms with Crippen LogP contribution in [0.4, 0.5) is 0 Å². The number of fused-ring (bicyclic) bond motifs is 1. The monoisotopic (exact) mass is 287 g/mol. The van der Waals surface area contributed by atoms with Crippen molar-refractivity contribution in [1.29, 1.82) is 0 Å². The van der Waals surface area contributed by atoms with Gasteiger partial charge in [0.1, 0.15) is 5.60 Å². The van der Waals surface area contributed by atoms with Gasteiger partial charge in [-0.1, -0.05) is 19.4 Å². The molecule has 2 aliphatic carbocycles. The van der Waals surface area contributed by atoms with E-state index >= 15 is 0 Å². The van der Waals surface area contributed by atoms with E-state index in [0.717, 1.165) is 44.2 Å². The largest absolute Gasteiger partial charge is 0.370 e. The molecule has 0 amide bonds. The first-order valence-electron chi connectivity index (χ1n) is 8.19. The van der Waals surface area contributed by atoms with Gasteiger partial charge in [0.2, 0.25) is 0 Å². The summed E-state index contributed by atoms with van der Waals surface area (Å²) in [6, 6.07) is 4.09. The van der Waals surface area contributed by atoms with Crippen LogP contribution in [0.1, 0.15) is 62.6 Å². The number of aryl methyl sites for hydroxylation is 1. The summed E-state index contributed by atoms with van der Waals surface area (Å²) in [5.41, 5.74) is 1.68. The van der Waals surface area contributed by atoms with Crippen LogP contribution in [0.5, 0.6) is 0 Å². The van der Waals surface area contributed by atoms with Gasteiger partial charge in [0, 0.05) is 13.3 Å². The number of hydrogen-bond donors (Lipinski definition) is 0. The van der Waals surface area contributed by atoms with Crippen molar-refractivity contribution in [2.45, 2.75) is 63.4 Å². The van der Waals surface area contributed by atoms with Crippen molar-refractivity contribution in [3.63, 3.8) is 0 Å². The summed E-state index contributed by atoms with van der Waals surface area (Å²) >= 11 is 0. The molecule has 21 heavy (non-hydrogen) atoms. The molecule has 0 saturated heterocycles. The van der Waals surface area contributed by atoms with Crippen LogP contribution in [0.2, 0.25) is 0 Å². The molecule has 0 radical (unpaired) electrons. The molecule has 1 aromatic heterocycles. The summed E-state index contributed by atoms with van der Waals surface area (Å²) in [6.07, 6.45) is 8.87. The maximum absolute atomic E-state index is 13.2. The molecule has 1 fully saturated rings.